The van der Waals surface area contributed by atoms with Crippen LogP contribution in [0.25, 0.3) is 0 Å². The van der Waals surface area contributed by atoms with Crippen LogP contribution < -0.4 is 16.4 Å². The van der Waals surface area contributed by atoms with E-state index < -0.39 is 0 Å². The zero-order valence-electron chi connectivity index (χ0n) is 9.12. The average molecular weight is 193 g/mol. The van der Waals surface area contributed by atoms with Crippen LogP contribution in [0.3, 0.4) is 0 Å². The molecule has 3 heteroatoms. The number of rotatable bonds is 3. The molecule has 0 aliphatic heterocycles. The zero-order valence-corrected chi connectivity index (χ0v) is 9.12. The lowest BCUT2D eigenvalue weighted by Crippen LogP contribution is -2.26. The summed E-state index contributed by atoms with van der Waals surface area (Å²) in [5, 5.41) is 0. The molecule has 0 atom stereocenters. The Morgan fingerprint density at radius 1 is 1.36 bits per heavy atom. The minimum atomic E-state index is 0.445. The van der Waals surface area contributed by atoms with Gasteiger partial charge in [0.1, 0.15) is 0 Å². The Balaban J connectivity index is 2.99. The van der Waals surface area contributed by atoms with Crippen molar-refractivity contribution < 1.29 is 0 Å². The second-order valence-corrected chi connectivity index (χ2v) is 3.80. The molecule has 0 spiro atoms. The van der Waals surface area contributed by atoms with Crippen molar-refractivity contribution in [1.29, 1.82) is 0 Å². The quantitative estimate of drug-likeness (QED) is 0.716. The highest BCUT2D eigenvalue weighted by Crippen LogP contribution is 2.24. The smallest absolute Gasteiger partial charge is 0.0599 e. The number of hydrogen-bond donors (Lipinski definition) is 2. The fourth-order valence-corrected chi connectivity index (χ4v) is 1.33. The number of nitrogens with two attached hydrogens (primary N) is 2. The van der Waals surface area contributed by atoms with Gasteiger partial charge in [-0.3, -0.25) is 0 Å². The van der Waals surface area contributed by atoms with E-state index in [2.05, 4.69) is 18.7 Å². The highest BCUT2D eigenvalue weighted by Gasteiger charge is 2.08. The monoisotopic (exact) mass is 193 g/mol. The third kappa shape index (κ3) is 2.17. The maximum Gasteiger partial charge on any atom is 0.0599 e. The molecular formula is C11H19N3. The molecule has 1 aromatic rings. The molecule has 1 aromatic carbocycles. The Kier molecular flexibility index (Phi) is 3.36. The summed E-state index contributed by atoms with van der Waals surface area (Å²) in [6.07, 6.45) is 0. The van der Waals surface area contributed by atoms with Gasteiger partial charge in [-0.25, -0.2) is 0 Å². The van der Waals surface area contributed by atoms with Crippen molar-refractivity contribution in [2.75, 3.05) is 17.7 Å². The second-order valence-electron chi connectivity index (χ2n) is 3.80. The van der Waals surface area contributed by atoms with Crippen molar-refractivity contribution in [2.24, 2.45) is 5.73 Å². The third-order valence-corrected chi connectivity index (χ3v) is 2.48. The molecule has 0 heterocycles. The number of nitrogen functional groups attached to an aromatic ring is 1. The van der Waals surface area contributed by atoms with E-state index in [0.717, 1.165) is 16.9 Å². The predicted molar refractivity (Wildman–Crippen MR) is 62.3 cm³/mol. The molecule has 78 valence electrons. The molecule has 4 N–H and O–H groups in total. The Hall–Kier alpha value is -1.22. The van der Waals surface area contributed by atoms with Crippen LogP contribution in [-0.2, 0) is 6.54 Å². The lowest BCUT2D eigenvalue weighted by Gasteiger charge is -2.25. The van der Waals surface area contributed by atoms with Gasteiger partial charge >= 0.3 is 0 Å². The van der Waals surface area contributed by atoms with Gasteiger partial charge in [-0.1, -0.05) is 6.07 Å². The molecule has 0 amide bonds. The topological polar surface area (TPSA) is 55.3 Å². The fraction of sp³-hybridized carbons (Fsp3) is 0.455. The summed E-state index contributed by atoms with van der Waals surface area (Å²) < 4.78 is 0. The van der Waals surface area contributed by atoms with E-state index in [1.54, 1.807) is 0 Å². The molecule has 0 fully saturated rings. The van der Waals surface area contributed by atoms with Gasteiger partial charge in [0.25, 0.3) is 0 Å². The molecule has 0 saturated heterocycles. The summed E-state index contributed by atoms with van der Waals surface area (Å²) in [5.41, 5.74) is 14.4. The summed E-state index contributed by atoms with van der Waals surface area (Å²) in [6, 6.07) is 6.43. The summed E-state index contributed by atoms with van der Waals surface area (Å²) in [5.74, 6) is 0. The van der Waals surface area contributed by atoms with Crippen molar-refractivity contribution in [2.45, 2.75) is 26.4 Å². The molecule has 0 radical (unpaired) electrons. The predicted octanol–water partition coefficient (Wildman–Crippen LogP) is 1.57. The van der Waals surface area contributed by atoms with Crippen molar-refractivity contribution in [3.8, 4) is 0 Å². The van der Waals surface area contributed by atoms with Gasteiger partial charge in [-0.05, 0) is 31.5 Å². The molecule has 0 aliphatic carbocycles. The van der Waals surface area contributed by atoms with Gasteiger partial charge in [0.05, 0.1) is 11.4 Å². The maximum absolute atomic E-state index is 5.94. The first-order valence-electron chi connectivity index (χ1n) is 4.87. The van der Waals surface area contributed by atoms with Crippen molar-refractivity contribution in [3.63, 3.8) is 0 Å². The van der Waals surface area contributed by atoms with Crippen LogP contribution in [-0.4, -0.2) is 13.1 Å². The van der Waals surface area contributed by atoms with Gasteiger partial charge in [0.15, 0.2) is 0 Å². The molecule has 0 bridgehead atoms. The number of nitrogens with zero attached hydrogens (tertiary/aromatic N) is 1. The standard InChI is InChI=1S/C11H19N3/c1-8(2)14(3)11-5-4-9(7-12)6-10(11)13/h4-6,8H,7,12-13H2,1-3H3. The van der Waals surface area contributed by atoms with Gasteiger partial charge in [0.2, 0.25) is 0 Å². The zero-order chi connectivity index (χ0) is 10.7. The van der Waals surface area contributed by atoms with E-state index in [1.807, 2.05) is 25.2 Å². The first-order chi connectivity index (χ1) is 6.56. The van der Waals surface area contributed by atoms with Gasteiger partial charge in [-0.15, -0.1) is 0 Å². The summed E-state index contributed by atoms with van der Waals surface area (Å²) >= 11 is 0. The third-order valence-electron chi connectivity index (χ3n) is 2.48. The highest BCUT2D eigenvalue weighted by atomic mass is 15.1. The second kappa shape index (κ2) is 4.33. The lowest BCUT2D eigenvalue weighted by molar-refractivity contribution is 0.755. The Morgan fingerprint density at radius 3 is 2.43 bits per heavy atom. The summed E-state index contributed by atoms with van der Waals surface area (Å²) in [4.78, 5) is 2.15. The number of hydrogen-bond acceptors (Lipinski definition) is 3. The van der Waals surface area contributed by atoms with E-state index in [9.17, 15) is 0 Å². The minimum absolute atomic E-state index is 0.445. The Labute approximate surface area is 85.7 Å². The van der Waals surface area contributed by atoms with Crippen molar-refractivity contribution in [3.05, 3.63) is 23.8 Å². The van der Waals surface area contributed by atoms with Gasteiger partial charge in [0, 0.05) is 19.6 Å². The molecule has 3 nitrogen and oxygen atoms in total. The first-order valence-corrected chi connectivity index (χ1v) is 4.87. The van der Waals surface area contributed by atoms with Crippen LogP contribution in [0.5, 0.6) is 0 Å². The van der Waals surface area contributed by atoms with Crippen LogP contribution >= 0.6 is 0 Å². The van der Waals surface area contributed by atoms with Crippen LogP contribution in [0.2, 0.25) is 0 Å². The number of anilines is 2. The van der Waals surface area contributed by atoms with Crippen molar-refractivity contribution >= 4 is 11.4 Å². The average Bonchev–Trinajstić information content (AvgIpc) is 2.16. The van der Waals surface area contributed by atoms with Crippen molar-refractivity contribution in [1.82, 2.24) is 0 Å². The molecule has 0 unspecified atom stereocenters. The highest BCUT2D eigenvalue weighted by molar-refractivity contribution is 5.68. The first kappa shape index (κ1) is 10.9. The number of benzene rings is 1. The largest absolute Gasteiger partial charge is 0.397 e. The van der Waals surface area contributed by atoms with Gasteiger partial charge < -0.3 is 16.4 Å². The molecule has 0 aliphatic rings. The van der Waals surface area contributed by atoms with Gasteiger partial charge in [-0.2, -0.15) is 0 Å². The SMILES string of the molecule is CC(C)N(C)c1ccc(CN)cc1N. The van der Waals surface area contributed by atoms with E-state index >= 15 is 0 Å². The van der Waals surface area contributed by atoms with Crippen LogP contribution in [0.1, 0.15) is 19.4 Å². The lowest BCUT2D eigenvalue weighted by atomic mass is 10.1. The molecule has 1 rings (SSSR count). The summed E-state index contributed by atoms with van der Waals surface area (Å²) in [7, 11) is 2.04. The Bertz CT molecular complexity index is 307. The van der Waals surface area contributed by atoms with E-state index in [4.69, 9.17) is 11.5 Å². The molecule has 14 heavy (non-hydrogen) atoms. The van der Waals surface area contributed by atoms with E-state index in [0.29, 0.717) is 12.6 Å². The van der Waals surface area contributed by atoms with E-state index in [-0.39, 0.29) is 0 Å². The van der Waals surface area contributed by atoms with E-state index in [1.165, 1.54) is 0 Å². The van der Waals surface area contributed by atoms with Crippen LogP contribution in [0.4, 0.5) is 11.4 Å². The molecule has 0 saturated carbocycles. The molecule has 0 aromatic heterocycles. The maximum atomic E-state index is 5.94. The normalized spacial score (nSPS) is 10.6. The summed E-state index contributed by atoms with van der Waals surface area (Å²) in [6.45, 7) is 4.81. The fourth-order valence-electron chi connectivity index (χ4n) is 1.33. The Morgan fingerprint density at radius 2 is 2.00 bits per heavy atom. The molecular weight excluding hydrogens is 174 g/mol. The van der Waals surface area contributed by atoms with Crippen LogP contribution in [0, 0.1) is 0 Å². The van der Waals surface area contributed by atoms with Crippen LogP contribution in [0.15, 0.2) is 18.2 Å². The minimum Gasteiger partial charge on any atom is -0.397 e.